The summed E-state index contributed by atoms with van der Waals surface area (Å²) in [4.78, 5) is 19.5. The molecule has 1 fully saturated rings. The van der Waals surface area contributed by atoms with Gasteiger partial charge in [0.25, 0.3) is 5.91 Å². The van der Waals surface area contributed by atoms with Crippen LogP contribution in [0.1, 0.15) is 43.5 Å². The lowest BCUT2D eigenvalue weighted by atomic mass is 10.0. The highest BCUT2D eigenvalue weighted by Crippen LogP contribution is 2.32. The van der Waals surface area contributed by atoms with Crippen molar-refractivity contribution in [2.24, 2.45) is 5.92 Å². The van der Waals surface area contributed by atoms with Crippen molar-refractivity contribution in [1.29, 1.82) is 0 Å². The highest BCUT2D eigenvalue weighted by molar-refractivity contribution is 5.96. The number of benzene rings is 1. The zero-order valence-electron chi connectivity index (χ0n) is 16.5. The Morgan fingerprint density at radius 3 is 2.54 bits per heavy atom. The second-order valence-electron chi connectivity index (χ2n) is 7.78. The van der Waals surface area contributed by atoms with Crippen LogP contribution >= 0.6 is 0 Å². The van der Waals surface area contributed by atoms with Crippen LogP contribution in [0, 0.1) is 11.7 Å². The largest absolute Gasteiger partial charge is 0.394 e. The Labute approximate surface area is 165 Å². The fourth-order valence-electron chi connectivity index (χ4n) is 3.62. The van der Waals surface area contributed by atoms with E-state index in [4.69, 9.17) is 0 Å². The van der Waals surface area contributed by atoms with Crippen LogP contribution in [-0.2, 0) is 0 Å². The predicted octanol–water partition coefficient (Wildman–Crippen LogP) is 3.62. The number of pyridine rings is 1. The first-order valence-corrected chi connectivity index (χ1v) is 9.90. The van der Waals surface area contributed by atoms with E-state index in [1.54, 1.807) is 18.3 Å². The molecule has 0 radical (unpaired) electrons. The van der Waals surface area contributed by atoms with Crippen LogP contribution in [0.15, 0.2) is 36.5 Å². The summed E-state index contributed by atoms with van der Waals surface area (Å²) in [6.45, 7) is 5.84. The Kier molecular flexibility index (Phi) is 6.62. The number of nitrogens with zero attached hydrogens (tertiary/aromatic N) is 2. The maximum absolute atomic E-state index is 13.4. The average molecular weight is 385 g/mol. The monoisotopic (exact) mass is 385 g/mol. The van der Waals surface area contributed by atoms with Crippen molar-refractivity contribution < 1.29 is 14.3 Å². The molecule has 3 rings (SSSR count). The highest BCUT2D eigenvalue weighted by Gasteiger charge is 2.21. The van der Waals surface area contributed by atoms with Gasteiger partial charge in [0.05, 0.1) is 18.2 Å². The van der Waals surface area contributed by atoms with Crippen LogP contribution < -0.4 is 10.2 Å². The van der Waals surface area contributed by atoms with Crippen LogP contribution in [0.3, 0.4) is 0 Å². The molecule has 28 heavy (non-hydrogen) atoms. The molecule has 1 aromatic carbocycles. The van der Waals surface area contributed by atoms with Gasteiger partial charge in [-0.25, -0.2) is 9.37 Å². The van der Waals surface area contributed by atoms with Gasteiger partial charge >= 0.3 is 0 Å². The number of aliphatic hydroxyl groups is 1. The van der Waals surface area contributed by atoms with Crippen LogP contribution in [0.5, 0.6) is 0 Å². The zero-order chi connectivity index (χ0) is 20.1. The van der Waals surface area contributed by atoms with Gasteiger partial charge in [0, 0.05) is 24.8 Å². The number of hydrogen-bond donors (Lipinski definition) is 2. The van der Waals surface area contributed by atoms with Crippen molar-refractivity contribution in [2.45, 2.75) is 39.2 Å². The van der Waals surface area contributed by atoms with Crippen molar-refractivity contribution in [2.75, 3.05) is 24.6 Å². The van der Waals surface area contributed by atoms with E-state index >= 15 is 0 Å². The number of nitrogens with one attached hydrogen (secondary N) is 1. The minimum absolute atomic E-state index is 0.103. The Morgan fingerprint density at radius 2 is 1.93 bits per heavy atom. The third-order valence-electron chi connectivity index (χ3n) is 5.00. The van der Waals surface area contributed by atoms with E-state index in [9.17, 15) is 14.3 Å². The molecule has 1 aromatic heterocycles. The normalized spacial score (nSPS) is 15.1. The second-order valence-corrected chi connectivity index (χ2v) is 7.78. The quantitative estimate of drug-likeness (QED) is 0.764. The minimum atomic E-state index is -0.298. The number of carbonyl (C=O) groups excluding carboxylic acids is 1. The zero-order valence-corrected chi connectivity index (χ0v) is 16.5. The van der Waals surface area contributed by atoms with Gasteiger partial charge in [-0.05, 0) is 48.9 Å². The summed E-state index contributed by atoms with van der Waals surface area (Å²) >= 11 is 0. The summed E-state index contributed by atoms with van der Waals surface area (Å²) in [6.07, 6.45) is 4.51. The van der Waals surface area contributed by atoms with E-state index in [0.717, 1.165) is 42.9 Å². The van der Waals surface area contributed by atoms with Crippen LogP contribution in [0.2, 0.25) is 0 Å². The fourth-order valence-corrected chi connectivity index (χ4v) is 3.62. The summed E-state index contributed by atoms with van der Waals surface area (Å²) < 4.78 is 13.4. The molecule has 2 heterocycles. The number of carbonyl (C=O) groups is 1. The third kappa shape index (κ3) is 4.87. The number of aromatic nitrogens is 1. The molecular weight excluding hydrogens is 357 g/mol. The first-order valence-electron chi connectivity index (χ1n) is 9.90. The van der Waals surface area contributed by atoms with Crippen LogP contribution in [0.25, 0.3) is 11.1 Å². The summed E-state index contributed by atoms with van der Waals surface area (Å²) in [7, 11) is 0. The molecule has 0 aliphatic carbocycles. The molecule has 2 N–H and O–H groups in total. The van der Waals surface area contributed by atoms with E-state index in [-0.39, 0.29) is 24.4 Å². The molecule has 6 heteroatoms. The molecule has 0 spiro atoms. The highest BCUT2D eigenvalue weighted by atomic mass is 19.1. The molecule has 1 atom stereocenters. The Bertz CT molecular complexity index is 802. The third-order valence-corrected chi connectivity index (χ3v) is 5.00. The van der Waals surface area contributed by atoms with E-state index in [0.29, 0.717) is 17.9 Å². The predicted molar refractivity (Wildman–Crippen MR) is 109 cm³/mol. The van der Waals surface area contributed by atoms with Gasteiger partial charge in [0.1, 0.15) is 11.6 Å². The lowest BCUT2D eigenvalue weighted by Crippen LogP contribution is -2.38. The Morgan fingerprint density at radius 1 is 1.25 bits per heavy atom. The SMILES string of the molecule is CC(C)CC(CO)NC(=O)c1cnc(N2CCCC2)c(-c2ccc(F)cc2)c1. The Hall–Kier alpha value is -2.47. The molecule has 1 aliphatic rings. The number of aliphatic hydroxyl groups excluding tert-OH is 1. The van der Waals surface area contributed by atoms with Gasteiger partial charge in [0.2, 0.25) is 0 Å². The molecule has 1 aliphatic heterocycles. The number of halogens is 1. The van der Waals surface area contributed by atoms with Crippen molar-refractivity contribution in [3.63, 3.8) is 0 Å². The van der Waals surface area contributed by atoms with Crippen molar-refractivity contribution in [3.05, 3.63) is 47.9 Å². The second kappa shape index (κ2) is 9.15. The lowest BCUT2D eigenvalue weighted by Gasteiger charge is -2.22. The van der Waals surface area contributed by atoms with Gasteiger partial charge in [-0.2, -0.15) is 0 Å². The maximum atomic E-state index is 13.4. The number of anilines is 1. The number of amides is 1. The molecule has 1 unspecified atom stereocenters. The topological polar surface area (TPSA) is 65.5 Å². The van der Waals surface area contributed by atoms with Gasteiger partial charge in [-0.1, -0.05) is 26.0 Å². The molecule has 5 nitrogen and oxygen atoms in total. The van der Waals surface area contributed by atoms with E-state index in [2.05, 4.69) is 15.2 Å². The summed E-state index contributed by atoms with van der Waals surface area (Å²) in [5.41, 5.74) is 2.08. The van der Waals surface area contributed by atoms with Gasteiger partial charge in [-0.15, -0.1) is 0 Å². The molecule has 150 valence electrons. The standard InChI is InChI=1S/C22H28FN3O2/c1-15(2)11-19(14-27)25-22(28)17-12-20(16-5-7-18(23)8-6-16)21(24-13-17)26-9-3-4-10-26/h5-8,12-13,15,19,27H,3-4,9-11,14H2,1-2H3,(H,25,28). The molecule has 2 aromatic rings. The molecule has 1 saturated heterocycles. The fraction of sp³-hybridized carbons (Fsp3) is 0.455. The van der Waals surface area contributed by atoms with Gasteiger partial charge in [-0.3, -0.25) is 4.79 Å². The summed E-state index contributed by atoms with van der Waals surface area (Å²) in [5, 5.41) is 12.4. The number of hydrogen-bond acceptors (Lipinski definition) is 4. The maximum Gasteiger partial charge on any atom is 0.253 e. The van der Waals surface area contributed by atoms with Gasteiger partial charge < -0.3 is 15.3 Å². The number of rotatable bonds is 7. The first-order chi connectivity index (χ1) is 13.5. The minimum Gasteiger partial charge on any atom is -0.394 e. The van der Waals surface area contributed by atoms with E-state index in [1.807, 2.05) is 19.9 Å². The molecule has 0 bridgehead atoms. The molecular formula is C22H28FN3O2. The van der Waals surface area contributed by atoms with Crippen LogP contribution in [0.4, 0.5) is 10.2 Å². The summed E-state index contributed by atoms with van der Waals surface area (Å²) in [5.74, 6) is 0.626. The smallest absolute Gasteiger partial charge is 0.253 e. The summed E-state index contributed by atoms with van der Waals surface area (Å²) in [6, 6.07) is 7.78. The van der Waals surface area contributed by atoms with Gasteiger partial charge in [0.15, 0.2) is 0 Å². The van der Waals surface area contributed by atoms with Crippen molar-refractivity contribution in [1.82, 2.24) is 10.3 Å². The lowest BCUT2D eigenvalue weighted by molar-refractivity contribution is 0.0908. The van der Waals surface area contributed by atoms with Crippen LogP contribution in [-0.4, -0.2) is 41.7 Å². The van der Waals surface area contributed by atoms with Crippen molar-refractivity contribution >= 4 is 11.7 Å². The molecule has 0 saturated carbocycles. The molecule has 1 amide bonds. The van der Waals surface area contributed by atoms with E-state index < -0.39 is 0 Å². The average Bonchev–Trinajstić information content (AvgIpc) is 3.21. The van der Waals surface area contributed by atoms with E-state index in [1.165, 1.54) is 12.1 Å². The Balaban J connectivity index is 1.91. The first kappa shape index (κ1) is 20.3. The van der Waals surface area contributed by atoms with Crippen molar-refractivity contribution in [3.8, 4) is 11.1 Å².